The molecule has 0 unspecified atom stereocenters. The van der Waals surface area contributed by atoms with Crippen LogP contribution < -0.4 is 5.32 Å². The number of anilines is 1. The Labute approximate surface area is 108 Å². The maximum Gasteiger partial charge on any atom is 0.354 e. The number of rotatable bonds is 4. The van der Waals surface area contributed by atoms with Crippen LogP contribution in [0.5, 0.6) is 0 Å². The van der Waals surface area contributed by atoms with Crippen LogP contribution in [-0.4, -0.2) is 18.1 Å². The van der Waals surface area contributed by atoms with E-state index >= 15 is 0 Å². The summed E-state index contributed by atoms with van der Waals surface area (Å²) in [4.78, 5) is 14.0. The van der Waals surface area contributed by atoms with E-state index in [2.05, 4.69) is 15.0 Å². The van der Waals surface area contributed by atoms with Gasteiger partial charge in [0.1, 0.15) is 5.69 Å². The standard InChI is InChI=1S/C13H12F2N2O2/c1-19-13(18)11-6-5-8(17-11)7-16-10-4-2-3-9(14)12(10)15/h2-6,16-17H,7H2,1H3. The summed E-state index contributed by atoms with van der Waals surface area (Å²) in [5.74, 6) is -2.32. The van der Waals surface area contributed by atoms with Crippen molar-refractivity contribution in [1.82, 2.24) is 4.98 Å². The Morgan fingerprint density at radius 1 is 1.32 bits per heavy atom. The molecule has 0 aliphatic rings. The molecular weight excluding hydrogens is 254 g/mol. The second-order valence-corrected chi connectivity index (χ2v) is 3.84. The van der Waals surface area contributed by atoms with Crippen molar-refractivity contribution in [3.05, 3.63) is 53.4 Å². The second kappa shape index (κ2) is 5.51. The molecule has 6 heteroatoms. The maximum atomic E-state index is 13.4. The first-order valence-electron chi connectivity index (χ1n) is 5.56. The fourth-order valence-electron chi connectivity index (χ4n) is 1.60. The van der Waals surface area contributed by atoms with Crippen LogP contribution in [0.1, 0.15) is 16.2 Å². The number of hydrogen-bond donors (Lipinski definition) is 2. The van der Waals surface area contributed by atoms with E-state index in [1.165, 1.54) is 19.2 Å². The summed E-state index contributed by atoms with van der Waals surface area (Å²) in [7, 11) is 1.28. The van der Waals surface area contributed by atoms with Crippen molar-refractivity contribution in [1.29, 1.82) is 0 Å². The molecule has 0 aliphatic heterocycles. The smallest absolute Gasteiger partial charge is 0.354 e. The molecule has 0 amide bonds. The Bertz CT molecular complexity index is 596. The lowest BCUT2D eigenvalue weighted by Crippen LogP contribution is -2.05. The number of halogens is 2. The van der Waals surface area contributed by atoms with Gasteiger partial charge >= 0.3 is 5.97 Å². The van der Waals surface area contributed by atoms with Gasteiger partial charge in [0.2, 0.25) is 0 Å². The molecule has 4 nitrogen and oxygen atoms in total. The van der Waals surface area contributed by atoms with Crippen molar-refractivity contribution in [2.24, 2.45) is 0 Å². The molecular formula is C13H12F2N2O2. The van der Waals surface area contributed by atoms with Crippen LogP contribution in [-0.2, 0) is 11.3 Å². The molecule has 0 atom stereocenters. The van der Waals surface area contributed by atoms with Gasteiger partial charge in [0, 0.05) is 5.69 Å². The van der Waals surface area contributed by atoms with Crippen LogP contribution in [0.25, 0.3) is 0 Å². The predicted molar refractivity (Wildman–Crippen MR) is 65.8 cm³/mol. The molecule has 0 aliphatic carbocycles. The molecule has 0 spiro atoms. The molecule has 2 N–H and O–H groups in total. The predicted octanol–water partition coefficient (Wildman–Crippen LogP) is 2.69. The van der Waals surface area contributed by atoms with Crippen molar-refractivity contribution < 1.29 is 18.3 Å². The Kier molecular flexibility index (Phi) is 3.79. The molecule has 0 bridgehead atoms. The van der Waals surface area contributed by atoms with Crippen LogP contribution in [0, 0.1) is 11.6 Å². The van der Waals surface area contributed by atoms with Gasteiger partial charge in [-0.15, -0.1) is 0 Å². The van der Waals surface area contributed by atoms with Gasteiger partial charge in [0.25, 0.3) is 0 Å². The molecule has 0 saturated heterocycles. The second-order valence-electron chi connectivity index (χ2n) is 3.84. The van der Waals surface area contributed by atoms with Gasteiger partial charge in [-0.05, 0) is 24.3 Å². The maximum absolute atomic E-state index is 13.4. The minimum atomic E-state index is -0.928. The summed E-state index contributed by atoms with van der Waals surface area (Å²) in [5, 5.41) is 2.74. The lowest BCUT2D eigenvalue weighted by Gasteiger charge is -2.06. The fourth-order valence-corrected chi connectivity index (χ4v) is 1.60. The number of hydrogen-bond acceptors (Lipinski definition) is 3. The topological polar surface area (TPSA) is 54.1 Å². The quantitative estimate of drug-likeness (QED) is 0.836. The van der Waals surface area contributed by atoms with Crippen molar-refractivity contribution in [2.75, 3.05) is 12.4 Å². The molecule has 2 aromatic rings. The lowest BCUT2D eigenvalue weighted by molar-refractivity contribution is 0.0594. The average molecular weight is 266 g/mol. The number of esters is 1. The molecule has 1 heterocycles. The third-order valence-corrected chi connectivity index (χ3v) is 2.57. The minimum absolute atomic E-state index is 0.0641. The zero-order chi connectivity index (χ0) is 13.8. The van der Waals surface area contributed by atoms with E-state index in [9.17, 15) is 13.6 Å². The van der Waals surface area contributed by atoms with E-state index in [0.29, 0.717) is 11.4 Å². The zero-order valence-corrected chi connectivity index (χ0v) is 10.2. The molecule has 0 radical (unpaired) electrons. The highest BCUT2D eigenvalue weighted by Gasteiger charge is 2.09. The highest BCUT2D eigenvalue weighted by atomic mass is 19.2. The molecule has 1 aromatic carbocycles. The first-order chi connectivity index (χ1) is 9.11. The van der Waals surface area contributed by atoms with Gasteiger partial charge < -0.3 is 15.0 Å². The monoisotopic (exact) mass is 266 g/mol. The van der Waals surface area contributed by atoms with Crippen LogP contribution in [0.3, 0.4) is 0 Å². The van der Waals surface area contributed by atoms with E-state index in [1.54, 1.807) is 12.1 Å². The van der Waals surface area contributed by atoms with Crippen LogP contribution in [0.2, 0.25) is 0 Å². The molecule has 0 fully saturated rings. The van der Waals surface area contributed by atoms with Crippen LogP contribution in [0.4, 0.5) is 14.5 Å². The first-order valence-corrected chi connectivity index (χ1v) is 5.56. The van der Waals surface area contributed by atoms with Crippen molar-refractivity contribution in [3.8, 4) is 0 Å². The highest BCUT2D eigenvalue weighted by molar-refractivity contribution is 5.87. The van der Waals surface area contributed by atoms with Crippen LogP contribution in [0.15, 0.2) is 30.3 Å². The fraction of sp³-hybridized carbons (Fsp3) is 0.154. The SMILES string of the molecule is COC(=O)c1ccc(CNc2cccc(F)c2F)[nH]1. The number of benzene rings is 1. The van der Waals surface area contributed by atoms with Gasteiger partial charge in [0.05, 0.1) is 19.3 Å². The average Bonchev–Trinajstić information content (AvgIpc) is 2.88. The van der Waals surface area contributed by atoms with E-state index < -0.39 is 17.6 Å². The number of nitrogens with one attached hydrogen (secondary N) is 2. The van der Waals surface area contributed by atoms with E-state index in [4.69, 9.17) is 0 Å². The van der Waals surface area contributed by atoms with Crippen molar-refractivity contribution in [2.45, 2.75) is 6.54 Å². The largest absolute Gasteiger partial charge is 0.464 e. The van der Waals surface area contributed by atoms with E-state index in [0.717, 1.165) is 6.07 Å². The Balaban J connectivity index is 2.04. The number of carbonyl (C=O) groups is 1. The summed E-state index contributed by atoms with van der Waals surface area (Å²) >= 11 is 0. The van der Waals surface area contributed by atoms with E-state index in [1.807, 2.05) is 0 Å². The third kappa shape index (κ3) is 2.90. The van der Waals surface area contributed by atoms with Crippen molar-refractivity contribution >= 4 is 11.7 Å². The summed E-state index contributed by atoms with van der Waals surface area (Å²) < 4.78 is 30.9. The van der Waals surface area contributed by atoms with E-state index in [-0.39, 0.29) is 12.2 Å². The summed E-state index contributed by atoms with van der Waals surface area (Å²) in [6.07, 6.45) is 0. The van der Waals surface area contributed by atoms with Gasteiger partial charge in [-0.3, -0.25) is 0 Å². The zero-order valence-electron chi connectivity index (χ0n) is 10.2. The summed E-state index contributed by atoms with van der Waals surface area (Å²) in [5.41, 5.74) is 1.03. The number of aromatic nitrogens is 1. The Morgan fingerprint density at radius 2 is 2.11 bits per heavy atom. The van der Waals surface area contributed by atoms with Crippen molar-refractivity contribution in [3.63, 3.8) is 0 Å². The van der Waals surface area contributed by atoms with Crippen LogP contribution >= 0.6 is 0 Å². The summed E-state index contributed by atoms with van der Waals surface area (Å²) in [6, 6.07) is 7.11. The van der Waals surface area contributed by atoms with Gasteiger partial charge in [0.15, 0.2) is 11.6 Å². The normalized spacial score (nSPS) is 10.3. The molecule has 100 valence electrons. The molecule has 1 aromatic heterocycles. The molecule has 0 saturated carbocycles. The number of H-pyrrole nitrogens is 1. The third-order valence-electron chi connectivity index (χ3n) is 2.57. The highest BCUT2D eigenvalue weighted by Crippen LogP contribution is 2.17. The summed E-state index contributed by atoms with van der Waals surface area (Å²) in [6.45, 7) is 0.233. The molecule has 19 heavy (non-hydrogen) atoms. The van der Waals surface area contributed by atoms with Gasteiger partial charge in [-0.1, -0.05) is 6.07 Å². The number of carbonyl (C=O) groups excluding carboxylic acids is 1. The lowest BCUT2D eigenvalue weighted by atomic mass is 10.3. The Morgan fingerprint density at radius 3 is 2.84 bits per heavy atom. The Hall–Kier alpha value is -2.37. The number of aromatic amines is 1. The minimum Gasteiger partial charge on any atom is -0.464 e. The molecule has 2 rings (SSSR count). The van der Waals surface area contributed by atoms with Gasteiger partial charge in [-0.2, -0.15) is 0 Å². The number of methoxy groups -OCH3 is 1. The number of ether oxygens (including phenoxy) is 1. The first kappa shape index (κ1) is 13.1. The van der Waals surface area contributed by atoms with Gasteiger partial charge in [-0.25, -0.2) is 13.6 Å².